The van der Waals surface area contributed by atoms with Crippen LogP contribution in [0.3, 0.4) is 0 Å². The van der Waals surface area contributed by atoms with E-state index in [4.69, 9.17) is 4.74 Å². The number of morpholine rings is 1. The van der Waals surface area contributed by atoms with Crippen molar-refractivity contribution < 1.29 is 4.74 Å². The van der Waals surface area contributed by atoms with E-state index in [1.54, 1.807) is 0 Å². The van der Waals surface area contributed by atoms with Crippen LogP contribution in [0.2, 0.25) is 0 Å². The van der Waals surface area contributed by atoms with Gasteiger partial charge in [-0.2, -0.15) is 0 Å². The lowest BCUT2D eigenvalue weighted by Crippen LogP contribution is -2.64. The smallest absolute Gasteiger partial charge is 0.0594 e. The molecule has 0 aromatic heterocycles. The Morgan fingerprint density at radius 1 is 1.07 bits per heavy atom. The molecule has 2 saturated heterocycles. The van der Waals surface area contributed by atoms with Gasteiger partial charge in [0.2, 0.25) is 0 Å². The monoisotopic (exact) mass is 212 g/mol. The quantitative estimate of drug-likeness (QED) is 0.695. The van der Waals surface area contributed by atoms with Crippen molar-refractivity contribution in [2.75, 3.05) is 39.4 Å². The summed E-state index contributed by atoms with van der Waals surface area (Å²) < 4.78 is 5.38. The van der Waals surface area contributed by atoms with Gasteiger partial charge in [-0.3, -0.25) is 9.80 Å². The van der Waals surface area contributed by atoms with Crippen LogP contribution in [0.15, 0.2) is 0 Å². The van der Waals surface area contributed by atoms with E-state index < -0.39 is 0 Å². The van der Waals surface area contributed by atoms with Gasteiger partial charge >= 0.3 is 0 Å². The highest BCUT2D eigenvalue weighted by Crippen LogP contribution is 2.22. The van der Waals surface area contributed by atoms with Gasteiger partial charge in [-0.1, -0.05) is 13.8 Å². The van der Waals surface area contributed by atoms with Gasteiger partial charge < -0.3 is 4.74 Å². The van der Waals surface area contributed by atoms with Crippen LogP contribution < -0.4 is 0 Å². The maximum Gasteiger partial charge on any atom is 0.0594 e. The molecule has 0 bridgehead atoms. The number of nitrogens with zero attached hydrogens (tertiary/aromatic N) is 2. The Morgan fingerprint density at radius 3 is 2.20 bits per heavy atom. The Morgan fingerprint density at radius 2 is 1.67 bits per heavy atom. The summed E-state index contributed by atoms with van der Waals surface area (Å²) in [5.74, 6) is 0.774. The second-order valence-electron chi connectivity index (χ2n) is 5.24. The lowest BCUT2D eigenvalue weighted by molar-refractivity contribution is -0.0485. The number of likely N-dealkylation sites (tertiary alicyclic amines) is 1. The van der Waals surface area contributed by atoms with Crippen LogP contribution >= 0.6 is 0 Å². The number of hydrogen-bond donors (Lipinski definition) is 0. The van der Waals surface area contributed by atoms with Gasteiger partial charge in [0.05, 0.1) is 13.2 Å². The van der Waals surface area contributed by atoms with Crippen molar-refractivity contribution in [3.63, 3.8) is 0 Å². The lowest BCUT2D eigenvalue weighted by Gasteiger charge is -2.50. The standard InChI is InChI=1S/C12H24N2O/c1-10(2)11(3)14-8-12(9-14)13-4-6-15-7-5-13/h10-12H,4-9H2,1-3H3. The molecule has 0 amide bonds. The fourth-order valence-corrected chi connectivity index (χ4v) is 2.42. The predicted octanol–water partition coefficient (Wildman–Crippen LogP) is 1.05. The maximum atomic E-state index is 5.38. The van der Waals surface area contributed by atoms with Gasteiger partial charge in [0.15, 0.2) is 0 Å². The first-order valence-corrected chi connectivity index (χ1v) is 6.24. The average Bonchev–Trinajstić information content (AvgIpc) is 2.17. The fourth-order valence-electron chi connectivity index (χ4n) is 2.42. The van der Waals surface area contributed by atoms with Crippen molar-refractivity contribution in [3.8, 4) is 0 Å². The zero-order chi connectivity index (χ0) is 10.8. The molecule has 2 heterocycles. The molecule has 3 heteroatoms. The molecule has 0 spiro atoms. The molecule has 2 rings (SSSR count). The summed E-state index contributed by atoms with van der Waals surface area (Å²) in [5, 5.41) is 0. The topological polar surface area (TPSA) is 15.7 Å². The Bertz CT molecular complexity index is 196. The minimum absolute atomic E-state index is 0.738. The van der Waals surface area contributed by atoms with Crippen LogP contribution in [0, 0.1) is 5.92 Å². The fraction of sp³-hybridized carbons (Fsp3) is 1.00. The first kappa shape index (κ1) is 11.4. The molecule has 1 atom stereocenters. The van der Waals surface area contributed by atoms with Gasteiger partial charge in [-0.15, -0.1) is 0 Å². The number of rotatable bonds is 3. The van der Waals surface area contributed by atoms with E-state index in [0.717, 1.165) is 44.3 Å². The average molecular weight is 212 g/mol. The molecule has 1 unspecified atom stereocenters. The molecule has 88 valence electrons. The van der Waals surface area contributed by atoms with Crippen molar-refractivity contribution in [2.45, 2.75) is 32.9 Å². The summed E-state index contributed by atoms with van der Waals surface area (Å²) in [7, 11) is 0. The third kappa shape index (κ3) is 2.52. The molecule has 0 aliphatic carbocycles. The van der Waals surface area contributed by atoms with E-state index in [2.05, 4.69) is 30.6 Å². The van der Waals surface area contributed by atoms with Crippen molar-refractivity contribution in [1.29, 1.82) is 0 Å². The Kier molecular flexibility index (Phi) is 3.65. The summed E-state index contributed by atoms with van der Waals surface area (Å²) in [6.07, 6.45) is 0. The van der Waals surface area contributed by atoms with Crippen molar-refractivity contribution in [3.05, 3.63) is 0 Å². The van der Waals surface area contributed by atoms with Crippen LogP contribution in [0.5, 0.6) is 0 Å². The maximum absolute atomic E-state index is 5.38. The third-order valence-corrected chi connectivity index (χ3v) is 3.99. The molecule has 0 N–H and O–H groups in total. The van der Waals surface area contributed by atoms with Crippen molar-refractivity contribution in [1.82, 2.24) is 9.80 Å². The zero-order valence-electron chi connectivity index (χ0n) is 10.3. The molecule has 0 radical (unpaired) electrons. The van der Waals surface area contributed by atoms with Gasteiger partial charge in [0, 0.05) is 38.3 Å². The lowest BCUT2D eigenvalue weighted by atomic mass is 9.97. The van der Waals surface area contributed by atoms with Gasteiger partial charge in [0.25, 0.3) is 0 Å². The van der Waals surface area contributed by atoms with Crippen LogP contribution in [0.25, 0.3) is 0 Å². The summed E-state index contributed by atoms with van der Waals surface area (Å²) in [6, 6.07) is 1.54. The van der Waals surface area contributed by atoms with E-state index in [0.29, 0.717) is 0 Å². The Labute approximate surface area is 93.4 Å². The molecule has 15 heavy (non-hydrogen) atoms. The largest absolute Gasteiger partial charge is 0.379 e. The molecule has 2 aliphatic rings. The van der Waals surface area contributed by atoms with E-state index in [1.165, 1.54) is 13.1 Å². The van der Waals surface area contributed by atoms with Crippen molar-refractivity contribution in [2.24, 2.45) is 5.92 Å². The Balaban J connectivity index is 1.72. The minimum atomic E-state index is 0.738. The SMILES string of the molecule is CC(C)C(C)N1CC(N2CCOCC2)C1. The van der Waals surface area contributed by atoms with E-state index in [9.17, 15) is 0 Å². The van der Waals surface area contributed by atoms with Crippen LogP contribution in [-0.2, 0) is 4.74 Å². The summed E-state index contributed by atoms with van der Waals surface area (Å²) in [5.41, 5.74) is 0. The van der Waals surface area contributed by atoms with Crippen LogP contribution in [0.1, 0.15) is 20.8 Å². The normalized spacial score (nSPS) is 28.0. The molecular weight excluding hydrogens is 188 g/mol. The number of hydrogen-bond acceptors (Lipinski definition) is 3. The highest BCUT2D eigenvalue weighted by molar-refractivity contribution is 4.91. The molecule has 0 aromatic carbocycles. The van der Waals surface area contributed by atoms with Crippen LogP contribution in [-0.4, -0.2) is 61.3 Å². The second kappa shape index (κ2) is 4.81. The molecule has 2 fully saturated rings. The predicted molar refractivity (Wildman–Crippen MR) is 62.1 cm³/mol. The summed E-state index contributed by atoms with van der Waals surface area (Å²) in [4.78, 5) is 5.19. The first-order chi connectivity index (χ1) is 7.18. The Hall–Kier alpha value is -0.120. The molecule has 3 nitrogen and oxygen atoms in total. The van der Waals surface area contributed by atoms with Gasteiger partial charge in [-0.25, -0.2) is 0 Å². The van der Waals surface area contributed by atoms with Gasteiger partial charge in [0.1, 0.15) is 0 Å². The molecule has 2 aliphatic heterocycles. The van der Waals surface area contributed by atoms with Crippen molar-refractivity contribution >= 4 is 0 Å². The van der Waals surface area contributed by atoms with E-state index >= 15 is 0 Å². The highest BCUT2D eigenvalue weighted by atomic mass is 16.5. The summed E-state index contributed by atoms with van der Waals surface area (Å²) in [6.45, 7) is 13.6. The highest BCUT2D eigenvalue weighted by Gasteiger charge is 2.35. The molecule has 0 saturated carbocycles. The molecular formula is C12H24N2O. The van der Waals surface area contributed by atoms with E-state index in [-0.39, 0.29) is 0 Å². The van der Waals surface area contributed by atoms with Gasteiger partial charge in [-0.05, 0) is 12.8 Å². The minimum Gasteiger partial charge on any atom is -0.379 e. The number of ether oxygens (including phenoxy) is 1. The van der Waals surface area contributed by atoms with E-state index in [1.807, 2.05) is 0 Å². The first-order valence-electron chi connectivity index (χ1n) is 6.24. The second-order valence-corrected chi connectivity index (χ2v) is 5.24. The third-order valence-electron chi connectivity index (χ3n) is 3.99. The molecule has 0 aromatic rings. The summed E-state index contributed by atoms with van der Waals surface area (Å²) >= 11 is 0. The van der Waals surface area contributed by atoms with Crippen LogP contribution in [0.4, 0.5) is 0 Å². The zero-order valence-corrected chi connectivity index (χ0v) is 10.3.